The van der Waals surface area contributed by atoms with Gasteiger partial charge in [0.2, 0.25) is 11.0 Å². The quantitative estimate of drug-likeness (QED) is 0.358. The second kappa shape index (κ2) is 10.1. The summed E-state index contributed by atoms with van der Waals surface area (Å²) < 4.78 is 11.5. The average Bonchev–Trinajstić information content (AvgIpc) is 3.27. The largest absolute Gasteiger partial charge is 0.381 e. The maximum absolute atomic E-state index is 13.0. The number of aliphatic hydroxyl groups is 2. The van der Waals surface area contributed by atoms with Crippen molar-refractivity contribution < 1.29 is 28.8 Å². The number of hydrogen-bond donors (Lipinski definition) is 3. The Morgan fingerprint density at radius 2 is 1.94 bits per heavy atom. The van der Waals surface area contributed by atoms with Crippen LogP contribution in [0.15, 0.2) is 35.3 Å². The van der Waals surface area contributed by atoms with Crippen LogP contribution in [0.5, 0.6) is 0 Å². The van der Waals surface area contributed by atoms with Crippen LogP contribution < -0.4 is 5.32 Å². The number of carbonyl (C=O) groups is 3. The molecule has 8 nitrogen and oxygen atoms in total. The monoisotopic (exact) mass is 510 g/mol. The number of nitrogens with zero attached hydrogens (tertiary/aromatic N) is 1. The maximum atomic E-state index is 13.0. The van der Waals surface area contributed by atoms with Gasteiger partial charge in [-0.25, -0.2) is 9.19 Å². The van der Waals surface area contributed by atoms with E-state index in [4.69, 9.17) is 0 Å². The van der Waals surface area contributed by atoms with E-state index in [0.29, 0.717) is 27.1 Å². The minimum Gasteiger partial charge on any atom is -0.381 e. The van der Waals surface area contributed by atoms with Gasteiger partial charge in [-0.3, -0.25) is 14.4 Å². The van der Waals surface area contributed by atoms with Crippen LogP contribution >= 0.6 is 22.1 Å². The Balaban J connectivity index is 1.99. The van der Waals surface area contributed by atoms with Gasteiger partial charge < -0.3 is 15.5 Å². The van der Waals surface area contributed by atoms with E-state index in [1.54, 1.807) is 31.4 Å². The van der Waals surface area contributed by atoms with Gasteiger partial charge in [-0.1, -0.05) is 17.7 Å². The molecular weight excluding hydrogens is 484 g/mol. The zero-order valence-corrected chi connectivity index (χ0v) is 20.9. The highest BCUT2D eigenvalue weighted by molar-refractivity contribution is 8.76. The molecular formula is C22H26N2O6S3. The molecule has 0 aromatic carbocycles. The summed E-state index contributed by atoms with van der Waals surface area (Å²) in [6, 6.07) is -0.433. The first kappa shape index (κ1) is 25.7. The molecule has 0 radical (unpaired) electrons. The Kier molecular flexibility index (Phi) is 7.90. The lowest BCUT2D eigenvalue weighted by Crippen LogP contribution is -2.55. The fraction of sp³-hybridized carbons (Fsp3) is 0.455. The SMILES string of the molecule is C/C1=C\[C@@H](O)C(=O)/C=C/C=C\c2csc(n2)[C@H](C)NC(=O)C[C@@]2(CC1)S(=O)SC(=O)[C@]2(C)O. The average molecular weight is 511 g/mol. The molecule has 1 aromatic rings. The van der Waals surface area contributed by atoms with E-state index in [1.165, 1.54) is 36.5 Å². The number of fused-ring (bicyclic) bond motifs is 2. The van der Waals surface area contributed by atoms with Crippen LogP contribution in [-0.4, -0.2) is 52.7 Å². The Morgan fingerprint density at radius 1 is 1.24 bits per heavy atom. The molecule has 0 aliphatic carbocycles. The Hall–Kier alpha value is -1.92. The highest BCUT2D eigenvalue weighted by atomic mass is 33.1. The number of hydrogen-bond acceptors (Lipinski definition) is 9. The topological polar surface area (TPSA) is 134 Å². The molecule has 3 rings (SSSR count). The highest BCUT2D eigenvalue weighted by Gasteiger charge is 2.63. The van der Waals surface area contributed by atoms with Gasteiger partial charge in [-0.2, -0.15) is 0 Å². The summed E-state index contributed by atoms with van der Waals surface area (Å²) in [6.07, 6.45) is 6.07. The van der Waals surface area contributed by atoms with Crippen LogP contribution in [0, 0.1) is 0 Å². The summed E-state index contributed by atoms with van der Waals surface area (Å²) in [7, 11) is -1.33. The van der Waals surface area contributed by atoms with Gasteiger partial charge >= 0.3 is 0 Å². The van der Waals surface area contributed by atoms with Crippen molar-refractivity contribution in [2.75, 3.05) is 0 Å². The number of amides is 1. The lowest BCUT2D eigenvalue weighted by atomic mass is 9.81. The molecule has 0 saturated carbocycles. The van der Waals surface area contributed by atoms with Crippen LogP contribution in [0.25, 0.3) is 6.08 Å². The number of aromatic nitrogens is 1. The van der Waals surface area contributed by atoms with Crippen LogP contribution in [0.1, 0.15) is 56.8 Å². The van der Waals surface area contributed by atoms with Crippen molar-refractivity contribution in [2.24, 2.45) is 0 Å². The second-order valence-electron chi connectivity index (χ2n) is 8.33. The normalized spacial score (nSPS) is 37.7. The van der Waals surface area contributed by atoms with Crippen molar-refractivity contribution in [1.29, 1.82) is 0 Å². The highest BCUT2D eigenvalue weighted by Crippen LogP contribution is 2.50. The van der Waals surface area contributed by atoms with E-state index in [-0.39, 0.29) is 19.3 Å². The number of carbonyl (C=O) groups excluding carboxylic acids is 3. The number of thiazole rings is 1. The van der Waals surface area contributed by atoms with Crippen LogP contribution in [-0.2, 0) is 24.2 Å². The summed E-state index contributed by atoms with van der Waals surface area (Å²) in [6.45, 7) is 4.75. The number of allylic oxidation sites excluding steroid dienone is 3. The van der Waals surface area contributed by atoms with Gasteiger partial charge in [-0.15, -0.1) is 11.3 Å². The first-order valence-corrected chi connectivity index (χ1v) is 13.7. The third-order valence-corrected chi connectivity index (χ3v) is 10.8. The zero-order valence-electron chi connectivity index (χ0n) is 18.4. The first-order chi connectivity index (χ1) is 15.5. The molecule has 1 amide bonds. The van der Waals surface area contributed by atoms with Crippen molar-refractivity contribution in [1.82, 2.24) is 10.3 Å². The predicted octanol–water partition coefficient (Wildman–Crippen LogP) is 2.38. The van der Waals surface area contributed by atoms with E-state index in [1.807, 2.05) is 0 Å². The van der Waals surface area contributed by atoms with E-state index in [9.17, 15) is 28.8 Å². The van der Waals surface area contributed by atoms with E-state index < -0.39 is 49.1 Å². The van der Waals surface area contributed by atoms with Gasteiger partial charge in [0.15, 0.2) is 5.78 Å². The fourth-order valence-corrected chi connectivity index (χ4v) is 8.39. The summed E-state index contributed by atoms with van der Waals surface area (Å²) in [5, 5.41) is 25.8. The molecule has 2 aliphatic rings. The van der Waals surface area contributed by atoms with Gasteiger partial charge in [0.25, 0.3) is 0 Å². The van der Waals surface area contributed by atoms with Crippen LogP contribution in [0.3, 0.4) is 0 Å². The number of ketones is 1. The van der Waals surface area contributed by atoms with Crippen molar-refractivity contribution >= 4 is 54.8 Å². The molecule has 1 aromatic heterocycles. The summed E-state index contributed by atoms with van der Waals surface area (Å²) in [4.78, 5) is 42.0. The van der Waals surface area contributed by atoms with Crippen molar-refractivity contribution in [2.45, 2.75) is 62.5 Å². The van der Waals surface area contributed by atoms with E-state index in [2.05, 4.69) is 10.3 Å². The van der Waals surface area contributed by atoms with Crippen molar-refractivity contribution in [3.63, 3.8) is 0 Å². The molecule has 1 fully saturated rings. The van der Waals surface area contributed by atoms with Crippen LogP contribution in [0.2, 0.25) is 0 Å². The molecule has 1 saturated heterocycles. The van der Waals surface area contributed by atoms with Gasteiger partial charge in [0, 0.05) is 22.6 Å². The smallest absolute Gasteiger partial charge is 0.234 e. The second-order valence-corrected chi connectivity index (χ2v) is 12.4. The minimum absolute atomic E-state index is 0.0520. The molecule has 178 valence electrons. The third-order valence-electron chi connectivity index (χ3n) is 5.78. The summed E-state index contributed by atoms with van der Waals surface area (Å²) in [5.74, 6) is -0.969. The zero-order chi connectivity index (χ0) is 24.4. The Morgan fingerprint density at radius 3 is 2.61 bits per heavy atom. The molecule has 2 bridgehead atoms. The molecule has 2 aliphatic heterocycles. The summed E-state index contributed by atoms with van der Waals surface area (Å²) in [5.41, 5.74) is -0.732. The molecule has 11 heteroatoms. The summed E-state index contributed by atoms with van der Waals surface area (Å²) >= 11 is 1.35. The number of nitrogens with one attached hydrogen (secondary N) is 1. The third kappa shape index (κ3) is 5.43. The Bertz CT molecular complexity index is 1070. The number of aliphatic hydroxyl groups excluding tert-OH is 1. The lowest BCUT2D eigenvalue weighted by molar-refractivity contribution is -0.132. The molecule has 1 spiro atoms. The molecule has 3 heterocycles. The standard InChI is InChI=1S/C22H26N2O6S3/c1-13-8-9-22(21(3,29)20(28)32-33(22)30)11-18(27)23-14(2)19-24-15(12-31-19)6-4-5-7-16(25)17(26)10-13/h4-7,10,12,14,17,26,29H,8-9,11H2,1-3H3,(H,23,27)/b6-4-,7-5+,13-10+/t14-,17+,21-,22+,33?/m0/s1. The van der Waals surface area contributed by atoms with Gasteiger partial charge in [0.1, 0.15) is 21.5 Å². The van der Waals surface area contributed by atoms with Gasteiger partial charge in [0.05, 0.1) is 21.6 Å². The Labute approximate surface area is 202 Å². The van der Waals surface area contributed by atoms with Crippen molar-refractivity contribution in [3.8, 4) is 0 Å². The number of rotatable bonds is 0. The van der Waals surface area contributed by atoms with E-state index >= 15 is 0 Å². The van der Waals surface area contributed by atoms with Gasteiger partial charge in [-0.05, 0) is 51.8 Å². The minimum atomic E-state index is -1.99. The maximum Gasteiger partial charge on any atom is 0.234 e. The fourth-order valence-electron chi connectivity index (χ4n) is 3.65. The first-order valence-electron chi connectivity index (χ1n) is 10.3. The molecule has 1 unspecified atom stereocenters. The van der Waals surface area contributed by atoms with Crippen molar-refractivity contribution in [3.05, 3.63) is 46.0 Å². The van der Waals surface area contributed by atoms with E-state index in [0.717, 1.165) is 0 Å². The predicted molar refractivity (Wildman–Crippen MR) is 130 cm³/mol. The lowest BCUT2D eigenvalue weighted by Gasteiger charge is -2.36. The molecule has 3 N–H and O–H groups in total. The molecule has 5 atom stereocenters. The molecule has 33 heavy (non-hydrogen) atoms. The van der Waals surface area contributed by atoms with Crippen LogP contribution in [0.4, 0.5) is 0 Å².